The smallest absolute Gasteiger partial charge is 0.208 e. The molecule has 0 radical (unpaired) electrons. The lowest BCUT2D eigenvalue weighted by molar-refractivity contribution is 0.584. The quantitative estimate of drug-likeness (QED) is 0.392. The van der Waals surface area contributed by atoms with Crippen LogP contribution < -0.4 is 15.4 Å². The highest BCUT2D eigenvalue weighted by molar-refractivity contribution is 7.88. The van der Waals surface area contributed by atoms with Crippen LogP contribution in [-0.2, 0) is 16.6 Å². The van der Waals surface area contributed by atoms with Crippen LogP contribution in [0.1, 0.15) is 16.2 Å². The first-order valence-corrected chi connectivity index (χ1v) is 9.06. The molecule has 114 valence electrons. The molecule has 0 unspecified atom stereocenters. The van der Waals surface area contributed by atoms with Crippen LogP contribution in [0.3, 0.4) is 0 Å². The van der Waals surface area contributed by atoms with Crippen LogP contribution in [0, 0.1) is 6.92 Å². The molecule has 20 heavy (non-hydrogen) atoms. The van der Waals surface area contributed by atoms with Gasteiger partial charge in [-0.1, -0.05) is 0 Å². The number of hydrogen-bond donors (Lipinski definition) is 3. The molecule has 1 aromatic heterocycles. The van der Waals surface area contributed by atoms with Crippen LogP contribution in [0.15, 0.2) is 17.1 Å². The number of nitrogens with zero attached hydrogens (tertiary/aromatic N) is 1. The van der Waals surface area contributed by atoms with E-state index >= 15 is 0 Å². The highest BCUT2D eigenvalue weighted by Gasteiger charge is 2.01. The molecule has 0 saturated heterocycles. The molecule has 0 bridgehead atoms. The first-order valence-electron chi connectivity index (χ1n) is 6.35. The van der Waals surface area contributed by atoms with Crippen molar-refractivity contribution in [2.24, 2.45) is 4.99 Å². The van der Waals surface area contributed by atoms with E-state index in [2.05, 4.69) is 39.4 Å². The monoisotopic (exact) mass is 318 g/mol. The van der Waals surface area contributed by atoms with E-state index in [1.165, 1.54) is 9.75 Å². The summed E-state index contributed by atoms with van der Waals surface area (Å²) < 4.78 is 24.2. The Kier molecular flexibility index (Phi) is 6.97. The summed E-state index contributed by atoms with van der Waals surface area (Å²) in [5, 5.41) is 6.36. The van der Waals surface area contributed by atoms with E-state index in [-0.39, 0.29) is 0 Å². The fraction of sp³-hybridized carbons (Fsp3) is 0.583. The molecule has 1 heterocycles. The second kappa shape index (κ2) is 8.23. The molecule has 0 aliphatic carbocycles. The van der Waals surface area contributed by atoms with E-state index in [9.17, 15) is 8.42 Å². The maximum Gasteiger partial charge on any atom is 0.208 e. The van der Waals surface area contributed by atoms with Gasteiger partial charge in [-0.15, -0.1) is 11.3 Å². The van der Waals surface area contributed by atoms with Crippen LogP contribution in [-0.4, -0.2) is 40.8 Å². The molecule has 0 aliphatic heterocycles. The van der Waals surface area contributed by atoms with Gasteiger partial charge in [0.1, 0.15) is 0 Å². The Labute approximate surface area is 124 Å². The lowest BCUT2D eigenvalue weighted by Crippen LogP contribution is -2.38. The van der Waals surface area contributed by atoms with Gasteiger partial charge in [0.25, 0.3) is 0 Å². The molecule has 0 aliphatic rings. The molecule has 0 aromatic carbocycles. The Morgan fingerprint density at radius 1 is 1.30 bits per heavy atom. The van der Waals surface area contributed by atoms with E-state index in [0.29, 0.717) is 19.5 Å². The van der Waals surface area contributed by atoms with Gasteiger partial charge in [0.05, 0.1) is 12.8 Å². The SMILES string of the molecule is CN=C(NCCCNS(C)(=O)=O)NCc1ccc(C)s1. The summed E-state index contributed by atoms with van der Waals surface area (Å²) in [4.78, 5) is 6.66. The van der Waals surface area contributed by atoms with Gasteiger partial charge in [0, 0.05) is 29.9 Å². The second-order valence-electron chi connectivity index (χ2n) is 4.38. The Morgan fingerprint density at radius 2 is 2.05 bits per heavy atom. The molecular weight excluding hydrogens is 296 g/mol. The molecule has 0 amide bonds. The number of rotatable bonds is 7. The first-order chi connectivity index (χ1) is 9.40. The number of sulfonamides is 1. The lowest BCUT2D eigenvalue weighted by Gasteiger charge is -2.11. The summed E-state index contributed by atoms with van der Waals surface area (Å²) in [7, 11) is -1.38. The zero-order valence-electron chi connectivity index (χ0n) is 12.1. The molecule has 0 atom stereocenters. The minimum Gasteiger partial charge on any atom is -0.356 e. The van der Waals surface area contributed by atoms with Crippen molar-refractivity contribution in [2.75, 3.05) is 26.4 Å². The van der Waals surface area contributed by atoms with E-state index < -0.39 is 10.0 Å². The van der Waals surface area contributed by atoms with Gasteiger partial charge in [-0.25, -0.2) is 13.1 Å². The van der Waals surface area contributed by atoms with E-state index in [0.717, 1.165) is 18.8 Å². The van der Waals surface area contributed by atoms with Gasteiger partial charge >= 0.3 is 0 Å². The molecule has 1 rings (SSSR count). The normalized spacial score (nSPS) is 12.4. The average molecular weight is 318 g/mol. The number of hydrogen-bond acceptors (Lipinski definition) is 4. The van der Waals surface area contributed by atoms with Gasteiger partial charge < -0.3 is 10.6 Å². The van der Waals surface area contributed by atoms with Crippen molar-refractivity contribution >= 4 is 27.3 Å². The Morgan fingerprint density at radius 3 is 2.60 bits per heavy atom. The highest BCUT2D eigenvalue weighted by atomic mass is 32.2. The van der Waals surface area contributed by atoms with Gasteiger partial charge in [0.15, 0.2) is 5.96 Å². The fourth-order valence-electron chi connectivity index (χ4n) is 1.52. The summed E-state index contributed by atoms with van der Waals surface area (Å²) in [6.07, 6.45) is 1.86. The molecule has 0 fully saturated rings. The molecule has 3 N–H and O–H groups in total. The number of guanidine groups is 1. The van der Waals surface area contributed by atoms with Crippen molar-refractivity contribution < 1.29 is 8.42 Å². The Balaban J connectivity index is 2.20. The fourth-order valence-corrected chi connectivity index (χ4v) is 2.87. The topological polar surface area (TPSA) is 82.6 Å². The van der Waals surface area contributed by atoms with Crippen LogP contribution in [0.5, 0.6) is 0 Å². The van der Waals surface area contributed by atoms with Gasteiger partial charge in [-0.2, -0.15) is 0 Å². The van der Waals surface area contributed by atoms with Gasteiger partial charge in [0.2, 0.25) is 10.0 Å². The van der Waals surface area contributed by atoms with Crippen molar-refractivity contribution in [2.45, 2.75) is 19.9 Å². The number of aryl methyl sites for hydroxylation is 1. The number of nitrogens with one attached hydrogen (secondary N) is 3. The van der Waals surface area contributed by atoms with Crippen LogP contribution in [0.4, 0.5) is 0 Å². The van der Waals surface area contributed by atoms with Crippen LogP contribution >= 0.6 is 11.3 Å². The minimum absolute atomic E-state index is 0.424. The van der Waals surface area contributed by atoms with Crippen molar-refractivity contribution in [1.82, 2.24) is 15.4 Å². The third-order valence-electron chi connectivity index (χ3n) is 2.46. The molecule has 0 saturated carbocycles. The Hall–Kier alpha value is -1.12. The van der Waals surface area contributed by atoms with Crippen molar-refractivity contribution in [1.29, 1.82) is 0 Å². The third kappa shape index (κ3) is 7.46. The van der Waals surface area contributed by atoms with Gasteiger partial charge in [-0.05, 0) is 25.5 Å². The van der Waals surface area contributed by atoms with Crippen molar-refractivity contribution in [3.8, 4) is 0 Å². The molecule has 1 aromatic rings. The van der Waals surface area contributed by atoms with E-state index in [1.54, 1.807) is 18.4 Å². The summed E-state index contributed by atoms with van der Waals surface area (Å²) in [5.41, 5.74) is 0. The maximum absolute atomic E-state index is 10.9. The zero-order chi connectivity index (χ0) is 15.0. The predicted molar refractivity (Wildman–Crippen MR) is 84.7 cm³/mol. The zero-order valence-corrected chi connectivity index (χ0v) is 13.7. The van der Waals surface area contributed by atoms with E-state index in [4.69, 9.17) is 0 Å². The summed E-state index contributed by atoms with van der Waals surface area (Å²) >= 11 is 1.75. The summed E-state index contributed by atoms with van der Waals surface area (Å²) in [5.74, 6) is 0.718. The lowest BCUT2D eigenvalue weighted by atomic mass is 10.4. The summed E-state index contributed by atoms with van der Waals surface area (Å²) in [6, 6.07) is 4.19. The van der Waals surface area contributed by atoms with Crippen molar-refractivity contribution in [3.05, 3.63) is 21.9 Å². The minimum atomic E-state index is -3.10. The Bertz CT molecular complexity index is 537. The maximum atomic E-state index is 10.9. The van der Waals surface area contributed by atoms with Crippen LogP contribution in [0.25, 0.3) is 0 Å². The highest BCUT2D eigenvalue weighted by Crippen LogP contribution is 2.14. The van der Waals surface area contributed by atoms with Gasteiger partial charge in [-0.3, -0.25) is 4.99 Å². The standard InChI is InChI=1S/C12H22N4O2S2/c1-10-5-6-11(19-10)9-15-12(13-2)14-7-4-8-16-20(3,17)18/h5-6,16H,4,7-9H2,1-3H3,(H2,13,14,15). The van der Waals surface area contributed by atoms with Crippen LogP contribution in [0.2, 0.25) is 0 Å². The molecule has 6 nitrogen and oxygen atoms in total. The molecule has 8 heteroatoms. The second-order valence-corrected chi connectivity index (χ2v) is 7.59. The number of thiophene rings is 1. The van der Waals surface area contributed by atoms with Crippen molar-refractivity contribution in [3.63, 3.8) is 0 Å². The average Bonchev–Trinajstić information content (AvgIpc) is 2.77. The van der Waals surface area contributed by atoms with E-state index in [1.807, 2.05) is 0 Å². The first kappa shape index (κ1) is 16.9. The largest absolute Gasteiger partial charge is 0.356 e. The predicted octanol–water partition coefficient (Wildman–Crippen LogP) is 0.661. The summed E-state index contributed by atoms with van der Waals surface area (Å²) in [6.45, 7) is 3.90. The molecule has 0 spiro atoms. The third-order valence-corrected chi connectivity index (χ3v) is 4.19. The number of aliphatic imine (C=N–C) groups is 1. The molecular formula is C12H22N4O2S2.